The van der Waals surface area contributed by atoms with Crippen LogP contribution in [-0.2, 0) is 6.18 Å². The number of amides is 1. The molecule has 6 nitrogen and oxygen atoms in total. The first-order chi connectivity index (χ1) is 9.93. The minimum atomic E-state index is -4.58. The molecule has 0 saturated carbocycles. The minimum Gasteiger partial charge on any atom is -0.454 e. The van der Waals surface area contributed by atoms with Crippen LogP contribution in [0.3, 0.4) is 0 Å². The third-order valence-electron chi connectivity index (χ3n) is 2.52. The Morgan fingerprint density at radius 1 is 1.24 bits per heavy atom. The van der Waals surface area contributed by atoms with Crippen molar-refractivity contribution < 1.29 is 27.4 Å². The van der Waals surface area contributed by atoms with Crippen molar-refractivity contribution in [2.45, 2.75) is 6.18 Å². The Morgan fingerprint density at radius 3 is 2.71 bits per heavy atom. The zero-order valence-electron chi connectivity index (χ0n) is 10.1. The number of nitrogens with one attached hydrogen (secondary N) is 1. The molecule has 21 heavy (non-hydrogen) atoms. The number of anilines is 1. The minimum absolute atomic E-state index is 0.0613. The Balaban J connectivity index is 1.76. The van der Waals surface area contributed by atoms with Gasteiger partial charge in [0.2, 0.25) is 16.9 Å². The van der Waals surface area contributed by atoms with Crippen molar-refractivity contribution in [3.63, 3.8) is 0 Å². The van der Waals surface area contributed by atoms with Gasteiger partial charge in [-0.25, -0.2) is 0 Å². The van der Waals surface area contributed by atoms with Gasteiger partial charge in [-0.2, -0.15) is 13.2 Å². The molecule has 2 aromatic rings. The number of carbonyl (C=O) groups excluding carboxylic acids is 1. The van der Waals surface area contributed by atoms with Crippen LogP contribution < -0.4 is 14.8 Å². The number of aromatic nitrogens is 2. The van der Waals surface area contributed by atoms with Gasteiger partial charge in [-0.15, -0.1) is 10.2 Å². The first-order valence-electron chi connectivity index (χ1n) is 5.55. The number of halogens is 3. The fourth-order valence-corrected chi connectivity index (χ4v) is 2.20. The maximum absolute atomic E-state index is 12.4. The van der Waals surface area contributed by atoms with Gasteiger partial charge >= 0.3 is 6.18 Å². The molecule has 0 saturated heterocycles. The lowest BCUT2D eigenvalue weighted by atomic mass is 10.2. The highest BCUT2D eigenvalue weighted by atomic mass is 32.1. The first kappa shape index (κ1) is 13.6. The normalized spacial score (nSPS) is 13.3. The molecule has 0 bridgehead atoms. The summed E-state index contributed by atoms with van der Waals surface area (Å²) in [7, 11) is 0. The molecule has 1 aliphatic heterocycles. The van der Waals surface area contributed by atoms with Crippen LogP contribution in [0.15, 0.2) is 18.2 Å². The molecule has 0 atom stereocenters. The third kappa shape index (κ3) is 2.75. The maximum atomic E-state index is 12.4. The molecular formula is C11H6F3N3O3S. The van der Waals surface area contributed by atoms with Crippen LogP contribution in [0.5, 0.6) is 11.5 Å². The highest BCUT2D eigenvalue weighted by Crippen LogP contribution is 2.34. The van der Waals surface area contributed by atoms with Crippen LogP contribution in [0.4, 0.5) is 18.3 Å². The number of ether oxygens (including phenoxy) is 2. The lowest BCUT2D eigenvalue weighted by molar-refractivity contribution is -0.138. The van der Waals surface area contributed by atoms with Gasteiger partial charge in [0.05, 0.1) is 0 Å². The second kappa shape index (κ2) is 4.88. The Hall–Kier alpha value is -2.36. The molecule has 0 unspecified atom stereocenters. The van der Waals surface area contributed by atoms with Crippen molar-refractivity contribution in [3.05, 3.63) is 28.8 Å². The summed E-state index contributed by atoms with van der Waals surface area (Å²) in [6, 6.07) is 4.44. The summed E-state index contributed by atoms with van der Waals surface area (Å²) in [5.41, 5.74) is 0.211. The van der Waals surface area contributed by atoms with E-state index in [1.165, 1.54) is 12.1 Å². The van der Waals surface area contributed by atoms with Crippen molar-refractivity contribution in [2.75, 3.05) is 12.1 Å². The molecule has 0 spiro atoms. The topological polar surface area (TPSA) is 73.3 Å². The molecule has 0 aliphatic carbocycles. The predicted octanol–water partition coefficient (Wildman–Crippen LogP) is 2.54. The molecule has 1 amide bonds. The number of hydrogen-bond donors (Lipinski definition) is 1. The monoisotopic (exact) mass is 317 g/mol. The fraction of sp³-hybridized carbons (Fsp3) is 0.182. The van der Waals surface area contributed by atoms with Crippen LogP contribution in [0.25, 0.3) is 0 Å². The van der Waals surface area contributed by atoms with Gasteiger partial charge in [-0.05, 0) is 18.2 Å². The van der Waals surface area contributed by atoms with E-state index in [0.717, 1.165) is 0 Å². The van der Waals surface area contributed by atoms with Crippen molar-refractivity contribution >= 4 is 22.4 Å². The van der Waals surface area contributed by atoms with E-state index in [1.54, 1.807) is 6.07 Å². The van der Waals surface area contributed by atoms with E-state index in [-0.39, 0.29) is 28.8 Å². The molecule has 0 fully saturated rings. The van der Waals surface area contributed by atoms with Crippen molar-refractivity contribution in [3.8, 4) is 11.5 Å². The molecule has 1 aliphatic rings. The first-order valence-corrected chi connectivity index (χ1v) is 6.37. The third-order valence-corrected chi connectivity index (χ3v) is 3.41. The molecule has 0 radical (unpaired) electrons. The van der Waals surface area contributed by atoms with Crippen LogP contribution in [0, 0.1) is 0 Å². The number of benzene rings is 1. The van der Waals surface area contributed by atoms with Gasteiger partial charge in [0.15, 0.2) is 11.5 Å². The second-order valence-electron chi connectivity index (χ2n) is 3.93. The quantitative estimate of drug-likeness (QED) is 0.921. The summed E-state index contributed by atoms with van der Waals surface area (Å²) in [4.78, 5) is 11.9. The van der Waals surface area contributed by atoms with Gasteiger partial charge in [-0.1, -0.05) is 11.3 Å². The number of alkyl halides is 3. The number of hydrogen-bond acceptors (Lipinski definition) is 6. The lowest BCUT2D eigenvalue weighted by Gasteiger charge is -2.02. The fourth-order valence-electron chi connectivity index (χ4n) is 1.60. The van der Waals surface area contributed by atoms with Crippen LogP contribution in [-0.4, -0.2) is 22.9 Å². The Bertz CT molecular complexity index is 702. The summed E-state index contributed by atoms with van der Waals surface area (Å²) in [5.74, 6) is 0.288. The van der Waals surface area contributed by atoms with Gasteiger partial charge in [0.25, 0.3) is 5.91 Å². The maximum Gasteiger partial charge on any atom is 0.445 e. The smallest absolute Gasteiger partial charge is 0.445 e. The molecule has 1 N–H and O–H groups in total. The van der Waals surface area contributed by atoms with Crippen LogP contribution >= 0.6 is 11.3 Å². The van der Waals surface area contributed by atoms with Gasteiger partial charge in [-0.3, -0.25) is 10.1 Å². The van der Waals surface area contributed by atoms with Gasteiger partial charge in [0, 0.05) is 5.56 Å². The highest BCUT2D eigenvalue weighted by molar-refractivity contribution is 7.15. The lowest BCUT2D eigenvalue weighted by Crippen LogP contribution is -2.11. The van der Waals surface area contributed by atoms with Gasteiger partial charge in [0.1, 0.15) is 0 Å². The van der Waals surface area contributed by atoms with Crippen molar-refractivity contribution in [2.24, 2.45) is 0 Å². The van der Waals surface area contributed by atoms with Crippen molar-refractivity contribution in [1.82, 2.24) is 10.2 Å². The van der Waals surface area contributed by atoms with E-state index in [1.807, 2.05) is 0 Å². The number of fused-ring (bicyclic) bond motifs is 1. The molecule has 110 valence electrons. The Labute approximate surface area is 119 Å². The highest BCUT2D eigenvalue weighted by Gasteiger charge is 2.35. The zero-order chi connectivity index (χ0) is 15.0. The average molecular weight is 317 g/mol. The predicted molar refractivity (Wildman–Crippen MR) is 65.4 cm³/mol. The number of rotatable bonds is 2. The zero-order valence-corrected chi connectivity index (χ0v) is 10.9. The van der Waals surface area contributed by atoms with Gasteiger partial charge < -0.3 is 9.47 Å². The largest absolute Gasteiger partial charge is 0.454 e. The molecule has 10 heteroatoms. The van der Waals surface area contributed by atoms with E-state index >= 15 is 0 Å². The van der Waals surface area contributed by atoms with Crippen LogP contribution in [0.2, 0.25) is 0 Å². The number of nitrogens with zero attached hydrogens (tertiary/aromatic N) is 2. The molecule has 1 aromatic carbocycles. The summed E-state index contributed by atoms with van der Waals surface area (Å²) < 4.78 is 47.3. The van der Waals surface area contributed by atoms with E-state index < -0.39 is 17.1 Å². The average Bonchev–Trinajstić information content (AvgIpc) is 3.04. The molecule has 1 aromatic heterocycles. The van der Waals surface area contributed by atoms with E-state index in [0.29, 0.717) is 11.5 Å². The van der Waals surface area contributed by atoms with Crippen molar-refractivity contribution in [1.29, 1.82) is 0 Å². The summed E-state index contributed by atoms with van der Waals surface area (Å²) in [6.07, 6.45) is -4.58. The molecule has 3 rings (SSSR count). The number of carbonyl (C=O) groups is 1. The second-order valence-corrected chi connectivity index (χ2v) is 4.91. The summed E-state index contributed by atoms with van der Waals surface area (Å²) in [5, 5.41) is 7.16. The standard InChI is InChI=1S/C11H6F3N3O3S/c12-11(13,14)9-16-17-10(21-9)15-8(18)5-1-2-6-7(3-5)20-4-19-6/h1-3H,4H2,(H,15,17,18). The van der Waals surface area contributed by atoms with E-state index in [2.05, 4.69) is 15.5 Å². The summed E-state index contributed by atoms with van der Waals surface area (Å²) in [6.45, 7) is 0.0613. The summed E-state index contributed by atoms with van der Waals surface area (Å²) >= 11 is 0.253. The Morgan fingerprint density at radius 2 is 2.00 bits per heavy atom. The molecular weight excluding hydrogens is 311 g/mol. The van der Waals surface area contributed by atoms with E-state index in [4.69, 9.17) is 9.47 Å². The SMILES string of the molecule is O=C(Nc1nnc(C(F)(F)F)s1)c1ccc2c(c1)OCO2. The Kier molecular flexibility index (Phi) is 3.16. The van der Waals surface area contributed by atoms with E-state index in [9.17, 15) is 18.0 Å². The van der Waals surface area contributed by atoms with Crippen LogP contribution in [0.1, 0.15) is 15.4 Å². The molecule has 2 heterocycles.